The van der Waals surface area contributed by atoms with Crippen LogP contribution in [-0.4, -0.2) is 12.0 Å². The molecule has 3 N–H and O–H groups in total. The Labute approximate surface area is 97.3 Å². The maximum Gasteiger partial charge on any atom is 0.274 e. The maximum atomic E-state index is 11.1. The molecule has 0 radical (unpaired) electrons. The second-order valence-electron chi connectivity index (χ2n) is 2.84. The van der Waals surface area contributed by atoms with Crippen LogP contribution < -0.4 is 16.0 Å². The molecule has 0 fully saturated rings. The molecule has 1 atom stereocenters. The molecule has 1 amide bonds. The van der Waals surface area contributed by atoms with Gasteiger partial charge in [-0.15, -0.1) is 0 Å². The van der Waals surface area contributed by atoms with Crippen LogP contribution in [0, 0.1) is 0 Å². The van der Waals surface area contributed by atoms with E-state index in [0.717, 1.165) is 0 Å². The zero-order valence-electron chi connectivity index (χ0n) is 7.96. The number of carbonyl (C=O) groups excluding carboxylic acids is 1. The number of ether oxygens (including phenoxy) is 1. The Kier molecular flexibility index (Phi) is 4.20. The molecule has 15 heavy (non-hydrogen) atoms. The van der Waals surface area contributed by atoms with E-state index in [1.54, 1.807) is 19.1 Å². The van der Waals surface area contributed by atoms with Crippen molar-refractivity contribution in [2.45, 2.75) is 13.0 Å². The molecule has 0 spiro atoms. The zero-order valence-corrected chi connectivity index (χ0v) is 9.47. The summed E-state index contributed by atoms with van der Waals surface area (Å²) in [5.41, 5.74) is 1.98. The first-order valence-corrected chi connectivity index (χ1v) is 4.92. The molecule has 1 unspecified atom stereocenters. The molecule has 6 heteroatoms. The number of rotatable bonds is 3. The summed E-state index contributed by atoms with van der Waals surface area (Å²) in [5.74, 6) is 4.91. The third-order valence-corrected chi connectivity index (χ3v) is 2.24. The van der Waals surface area contributed by atoms with Crippen molar-refractivity contribution in [1.82, 2.24) is 5.43 Å². The second-order valence-corrected chi connectivity index (χ2v) is 3.69. The number of nitrogens with two attached hydrogens (primary N) is 1. The van der Waals surface area contributed by atoms with Gasteiger partial charge in [-0.25, -0.2) is 5.84 Å². The quantitative estimate of drug-likeness (QED) is 0.487. The van der Waals surface area contributed by atoms with Crippen molar-refractivity contribution in [3.8, 4) is 5.75 Å². The topological polar surface area (TPSA) is 64.3 Å². The summed E-state index contributed by atoms with van der Waals surface area (Å²) in [4.78, 5) is 11.1. The number of hydrogen-bond acceptors (Lipinski definition) is 3. The summed E-state index contributed by atoms with van der Waals surface area (Å²) >= 11 is 11.6. The average Bonchev–Trinajstić information content (AvgIpc) is 2.20. The lowest BCUT2D eigenvalue weighted by atomic mass is 10.3. The van der Waals surface area contributed by atoms with Crippen molar-refractivity contribution in [2.24, 2.45) is 5.84 Å². The molecule has 1 aromatic rings. The molecule has 0 aliphatic carbocycles. The molecular weight excluding hydrogens is 239 g/mol. The van der Waals surface area contributed by atoms with Crippen molar-refractivity contribution in [1.29, 1.82) is 0 Å². The maximum absolute atomic E-state index is 11.1. The first kappa shape index (κ1) is 12.1. The molecule has 4 nitrogen and oxygen atoms in total. The van der Waals surface area contributed by atoms with Crippen molar-refractivity contribution in [2.75, 3.05) is 0 Å². The van der Waals surface area contributed by atoms with Gasteiger partial charge in [0.1, 0.15) is 5.75 Å². The van der Waals surface area contributed by atoms with Gasteiger partial charge in [-0.1, -0.05) is 23.2 Å². The summed E-state index contributed by atoms with van der Waals surface area (Å²) in [5, 5.41) is 0.849. The number of benzene rings is 1. The molecule has 0 heterocycles. The Morgan fingerprint density at radius 1 is 1.53 bits per heavy atom. The minimum absolute atomic E-state index is 0.346. The lowest BCUT2D eigenvalue weighted by Gasteiger charge is -2.13. The van der Waals surface area contributed by atoms with Gasteiger partial charge in [0.15, 0.2) is 6.10 Å². The van der Waals surface area contributed by atoms with Crippen LogP contribution in [0.4, 0.5) is 0 Å². The monoisotopic (exact) mass is 248 g/mol. The summed E-state index contributed by atoms with van der Waals surface area (Å²) in [6, 6.07) is 4.74. The lowest BCUT2D eigenvalue weighted by Crippen LogP contribution is -2.40. The Morgan fingerprint density at radius 2 is 2.20 bits per heavy atom. The number of carbonyl (C=O) groups is 1. The molecule has 0 saturated carbocycles. The van der Waals surface area contributed by atoms with Crippen molar-refractivity contribution < 1.29 is 9.53 Å². The highest BCUT2D eigenvalue weighted by atomic mass is 35.5. The van der Waals surface area contributed by atoms with E-state index in [4.69, 9.17) is 33.8 Å². The van der Waals surface area contributed by atoms with Gasteiger partial charge in [-0.2, -0.15) is 0 Å². The largest absolute Gasteiger partial charge is 0.479 e. The van der Waals surface area contributed by atoms with Crippen LogP contribution in [0.2, 0.25) is 10.0 Å². The smallest absolute Gasteiger partial charge is 0.274 e. The predicted molar refractivity (Wildman–Crippen MR) is 58.9 cm³/mol. The zero-order chi connectivity index (χ0) is 11.4. The molecule has 0 aliphatic rings. The molecule has 82 valence electrons. The van der Waals surface area contributed by atoms with E-state index in [1.165, 1.54) is 6.07 Å². The number of amides is 1. The van der Waals surface area contributed by atoms with E-state index >= 15 is 0 Å². The van der Waals surface area contributed by atoms with Crippen LogP contribution >= 0.6 is 23.2 Å². The van der Waals surface area contributed by atoms with E-state index in [9.17, 15) is 4.79 Å². The molecule has 0 bridgehead atoms. The third-order valence-electron chi connectivity index (χ3n) is 1.71. The fourth-order valence-corrected chi connectivity index (χ4v) is 1.39. The minimum atomic E-state index is -0.714. The first-order chi connectivity index (χ1) is 7.04. The van der Waals surface area contributed by atoms with Crippen LogP contribution in [0.1, 0.15) is 6.92 Å². The highest BCUT2D eigenvalue weighted by Gasteiger charge is 2.14. The van der Waals surface area contributed by atoms with Gasteiger partial charge in [-0.05, 0) is 25.1 Å². The normalized spacial score (nSPS) is 12.0. The third kappa shape index (κ3) is 3.27. The Morgan fingerprint density at radius 3 is 2.73 bits per heavy atom. The highest BCUT2D eigenvalue weighted by Crippen LogP contribution is 2.28. The van der Waals surface area contributed by atoms with Gasteiger partial charge in [-0.3, -0.25) is 10.2 Å². The molecule has 0 aliphatic heterocycles. The van der Waals surface area contributed by atoms with Gasteiger partial charge < -0.3 is 4.74 Å². The van der Waals surface area contributed by atoms with E-state index < -0.39 is 12.0 Å². The summed E-state index contributed by atoms with van der Waals surface area (Å²) in [6.45, 7) is 1.56. The van der Waals surface area contributed by atoms with Gasteiger partial charge in [0.25, 0.3) is 5.91 Å². The fourth-order valence-electron chi connectivity index (χ4n) is 0.932. The number of halogens is 2. The summed E-state index contributed by atoms with van der Waals surface area (Å²) in [6.07, 6.45) is -0.714. The second kappa shape index (κ2) is 5.21. The summed E-state index contributed by atoms with van der Waals surface area (Å²) in [7, 11) is 0. The van der Waals surface area contributed by atoms with E-state index in [0.29, 0.717) is 15.8 Å². The molecule has 0 saturated heterocycles. The van der Waals surface area contributed by atoms with Gasteiger partial charge >= 0.3 is 0 Å². The number of hydrogen-bond donors (Lipinski definition) is 2. The Balaban J connectivity index is 2.76. The van der Waals surface area contributed by atoms with Crippen LogP contribution in [0.15, 0.2) is 18.2 Å². The molecule has 1 aromatic carbocycles. The Bertz CT molecular complexity index is 371. The lowest BCUT2D eigenvalue weighted by molar-refractivity contribution is -0.127. The highest BCUT2D eigenvalue weighted by molar-refractivity contribution is 6.35. The van der Waals surface area contributed by atoms with Crippen LogP contribution in [0.25, 0.3) is 0 Å². The van der Waals surface area contributed by atoms with Gasteiger partial charge in [0, 0.05) is 5.02 Å². The van der Waals surface area contributed by atoms with Crippen molar-refractivity contribution >= 4 is 29.1 Å². The minimum Gasteiger partial charge on any atom is -0.479 e. The molecular formula is C9H10Cl2N2O2. The molecule has 0 aromatic heterocycles. The van der Waals surface area contributed by atoms with E-state index in [1.807, 2.05) is 5.43 Å². The summed E-state index contributed by atoms with van der Waals surface area (Å²) < 4.78 is 5.27. The fraction of sp³-hybridized carbons (Fsp3) is 0.222. The van der Waals surface area contributed by atoms with Gasteiger partial charge in [0.05, 0.1) is 5.02 Å². The van der Waals surface area contributed by atoms with Crippen molar-refractivity contribution in [3.05, 3.63) is 28.2 Å². The van der Waals surface area contributed by atoms with Gasteiger partial charge in [0.2, 0.25) is 0 Å². The average molecular weight is 249 g/mol. The number of hydrazine groups is 1. The van der Waals surface area contributed by atoms with Crippen LogP contribution in [-0.2, 0) is 4.79 Å². The van der Waals surface area contributed by atoms with E-state index in [-0.39, 0.29) is 0 Å². The first-order valence-electron chi connectivity index (χ1n) is 4.16. The number of nitrogens with one attached hydrogen (secondary N) is 1. The van der Waals surface area contributed by atoms with Crippen LogP contribution in [0.5, 0.6) is 5.75 Å². The Hall–Kier alpha value is -0.970. The SMILES string of the molecule is CC(Oc1ccc(Cl)cc1Cl)C(=O)NN. The van der Waals surface area contributed by atoms with Crippen LogP contribution in [0.3, 0.4) is 0 Å². The molecule has 1 rings (SSSR count). The van der Waals surface area contributed by atoms with E-state index in [2.05, 4.69) is 0 Å². The predicted octanol–water partition coefficient (Wildman–Crippen LogP) is 1.75. The standard InChI is InChI=1S/C9H10Cl2N2O2/c1-5(9(14)13-12)15-8-3-2-6(10)4-7(8)11/h2-5H,12H2,1H3,(H,13,14). The van der Waals surface area contributed by atoms with Crippen molar-refractivity contribution in [3.63, 3.8) is 0 Å².